The number of nitrogens with zero attached hydrogens (tertiary/aromatic N) is 2. The molecule has 0 atom stereocenters. The number of hydrogen-bond acceptors (Lipinski definition) is 10. The number of benzene rings is 2. The summed E-state index contributed by atoms with van der Waals surface area (Å²) in [4.78, 5) is 40.2. The van der Waals surface area contributed by atoms with E-state index in [1.807, 2.05) is 0 Å². The van der Waals surface area contributed by atoms with E-state index in [0.29, 0.717) is 11.4 Å². The molecule has 1 saturated carbocycles. The van der Waals surface area contributed by atoms with E-state index < -0.39 is 44.4 Å². The van der Waals surface area contributed by atoms with Crippen molar-refractivity contribution in [3.63, 3.8) is 0 Å². The summed E-state index contributed by atoms with van der Waals surface area (Å²) >= 11 is 1.17. The molecule has 4 rings (SSSR count). The average Bonchev–Trinajstić information content (AvgIpc) is 2.82. The fourth-order valence-corrected chi connectivity index (χ4v) is 5.33. The first kappa shape index (κ1) is 34.2. The van der Waals surface area contributed by atoms with Crippen LogP contribution in [-0.4, -0.2) is 41.9 Å². The molecule has 198 valence electrons. The largest absolute Gasteiger partial charge is 1.00 e. The standard InChI is InChI=1S/C23H23F2N2O8PS.2Na/c1-32-16-4-6-17(7-5-16)37-20-21(28)27(10-9-26-20)15-3-8-18(19(11-15)33-2)34-14-22(35-36(29,30)31)12-23(24,25)13-22;;/h3-11H,12-14H2,1-2H3,(H2,29,30,31);;/q;2*+1/p-2. The number of phosphoric ester groups is 1. The van der Waals surface area contributed by atoms with Crippen molar-refractivity contribution >= 4 is 19.6 Å². The van der Waals surface area contributed by atoms with E-state index in [1.54, 1.807) is 31.4 Å². The van der Waals surface area contributed by atoms with E-state index in [9.17, 15) is 27.9 Å². The molecule has 0 radical (unpaired) electrons. The van der Waals surface area contributed by atoms with Crippen molar-refractivity contribution in [3.8, 4) is 22.9 Å². The Hall–Kier alpha value is -0.960. The van der Waals surface area contributed by atoms with Gasteiger partial charge in [-0.3, -0.25) is 9.36 Å². The Kier molecular flexibility index (Phi) is 12.1. The first-order valence-corrected chi connectivity index (χ1v) is 13.0. The van der Waals surface area contributed by atoms with Gasteiger partial charge in [0.05, 0.1) is 27.7 Å². The molecule has 16 heteroatoms. The zero-order chi connectivity index (χ0) is 26.8. The van der Waals surface area contributed by atoms with Gasteiger partial charge in [-0.25, -0.2) is 13.8 Å². The van der Waals surface area contributed by atoms with Crippen molar-refractivity contribution in [2.45, 2.75) is 34.3 Å². The monoisotopic (exact) mass is 600 g/mol. The number of methoxy groups -OCH3 is 2. The van der Waals surface area contributed by atoms with Crippen LogP contribution in [0.25, 0.3) is 5.69 Å². The van der Waals surface area contributed by atoms with Gasteiger partial charge in [0.15, 0.2) is 16.5 Å². The number of alkyl halides is 2. The molecule has 39 heavy (non-hydrogen) atoms. The van der Waals surface area contributed by atoms with Crippen molar-refractivity contribution in [2.24, 2.45) is 0 Å². The minimum Gasteiger partial charge on any atom is -0.790 e. The number of ether oxygens (including phenoxy) is 3. The molecule has 0 saturated heterocycles. The Morgan fingerprint density at radius 2 is 1.72 bits per heavy atom. The molecule has 1 heterocycles. The molecule has 1 aromatic heterocycles. The first-order chi connectivity index (χ1) is 17.4. The third kappa shape index (κ3) is 8.76. The molecule has 0 spiro atoms. The molecule has 0 N–H and O–H groups in total. The van der Waals surface area contributed by atoms with Crippen molar-refractivity contribution in [1.82, 2.24) is 9.55 Å². The molecule has 1 fully saturated rings. The molecule has 0 aliphatic heterocycles. The summed E-state index contributed by atoms with van der Waals surface area (Å²) in [7, 11) is -2.65. The number of rotatable bonds is 10. The van der Waals surface area contributed by atoms with Gasteiger partial charge >= 0.3 is 59.1 Å². The quantitative estimate of drug-likeness (QED) is 0.173. The summed E-state index contributed by atoms with van der Waals surface area (Å²) in [5, 5.41) is 0.219. The second-order valence-corrected chi connectivity index (χ2v) is 10.4. The number of phosphoric acid groups is 1. The third-order valence-electron chi connectivity index (χ3n) is 5.47. The van der Waals surface area contributed by atoms with E-state index in [-0.39, 0.29) is 75.6 Å². The van der Waals surface area contributed by atoms with Crippen LogP contribution in [0.2, 0.25) is 0 Å². The molecule has 0 bridgehead atoms. The van der Waals surface area contributed by atoms with Crippen LogP contribution in [0.5, 0.6) is 17.2 Å². The summed E-state index contributed by atoms with van der Waals surface area (Å²) in [5.74, 6) is -2.28. The molecule has 1 aliphatic carbocycles. The van der Waals surface area contributed by atoms with Gasteiger partial charge in [0.25, 0.3) is 11.5 Å². The van der Waals surface area contributed by atoms with Crippen LogP contribution in [0, 0.1) is 0 Å². The molecule has 0 amide bonds. The maximum Gasteiger partial charge on any atom is 1.00 e. The van der Waals surface area contributed by atoms with Crippen molar-refractivity contribution in [1.29, 1.82) is 0 Å². The maximum absolute atomic E-state index is 13.5. The Morgan fingerprint density at radius 1 is 1.05 bits per heavy atom. The predicted octanol–water partition coefficient (Wildman–Crippen LogP) is -3.20. The molecule has 10 nitrogen and oxygen atoms in total. The normalized spacial score (nSPS) is 15.2. The minimum absolute atomic E-state index is 0. The van der Waals surface area contributed by atoms with E-state index in [0.717, 1.165) is 4.90 Å². The smallest absolute Gasteiger partial charge is 0.790 e. The first-order valence-electron chi connectivity index (χ1n) is 10.7. The molecular formula is C23H21F2N2Na2O8PS. The average molecular weight is 600 g/mol. The second-order valence-electron chi connectivity index (χ2n) is 8.24. The number of aromatic nitrogens is 2. The van der Waals surface area contributed by atoms with E-state index in [1.165, 1.54) is 54.0 Å². The second kappa shape index (κ2) is 13.8. The van der Waals surface area contributed by atoms with Crippen LogP contribution in [0.4, 0.5) is 8.78 Å². The van der Waals surface area contributed by atoms with Gasteiger partial charge in [0, 0.05) is 36.2 Å². The van der Waals surface area contributed by atoms with E-state index in [2.05, 4.69) is 9.51 Å². The van der Waals surface area contributed by atoms with E-state index >= 15 is 0 Å². The van der Waals surface area contributed by atoms with Gasteiger partial charge in [0.2, 0.25) is 0 Å². The molecule has 0 unspecified atom stereocenters. The van der Waals surface area contributed by atoms with Crippen molar-refractivity contribution < 1.29 is 101 Å². The zero-order valence-corrected chi connectivity index (χ0v) is 27.3. The van der Waals surface area contributed by atoms with Crippen LogP contribution < -0.4 is 88.7 Å². The van der Waals surface area contributed by atoms with Gasteiger partial charge in [0.1, 0.15) is 18.0 Å². The summed E-state index contributed by atoms with van der Waals surface area (Å²) in [5.41, 5.74) is -1.97. The molecule has 2 aromatic carbocycles. The number of halogens is 2. The van der Waals surface area contributed by atoms with Crippen molar-refractivity contribution in [3.05, 3.63) is 65.2 Å². The fourth-order valence-electron chi connectivity index (χ4n) is 3.88. The van der Waals surface area contributed by atoms with E-state index in [4.69, 9.17) is 14.2 Å². The maximum atomic E-state index is 13.5. The topological polar surface area (TPSA) is 135 Å². The van der Waals surface area contributed by atoms with Gasteiger partial charge in [-0.2, -0.15) is 0 Å². The third-order valence-corrected chi connectivity index (χ3v) is 7.06. The fraction of sp³-hybridized carbons (Fsp3) is 0.304. The minimum atomic E-state index is -5.53. The Morgan fingerprint density at radius 3 is 2.28 bits per heavy atom. The van der Waals surface area contributed by atoms with Gasteiger partial charge < -0.3 is 33.1 Å². The van der Waals surface area contributed by atoms with Gasteiger partial charge in [-0.1, -0.05) is 11.8 Å². The Bertz CT molecular complexity index is 1380. The summed E-state index contributed by atoms with van der Waals surface area (Å²) in [6.45, 7) is -0.620. The Balaban J connectivity index is 0.00000267. The number of hydrogen-bond donors (Lipinski definition) is 0. The van der Waals surface area contributed by atoms with Crippen LogP contribution in [0.1, 0.15) is 12.8 Å². The molecular weight excluding hydrogens is 579 g/mol. The van der Waals surface area contributed by atoms with Crippen LogP contribution >= 0.6 is 19.6 Å². The SMILES string of the molecule is COc1ccc(Sc2nccn(-c3ccc(OCC4(OP(=O)([O-])[O-])CC(F)(F)C4)c(OC)c3)c2=O)cc1.[Na+].[Na+]. The predicted molar refractivity (Wildman–Crippen MR) is 125 cm³/mol. The van der Waals surface area contributed by atoms with Crippen LogP contribution in [0.15, 0.2) is 69.6 Å². The van der Waals surface area contributed by atoms with Crippen LogP contribution in [0.3, 0.4) is 0 Å². The zero-order valence-electron chi connectivity index (χ0n) is 21.6. The van der Waals surface area contributed by atoms with Crippen molar-refractivity contribution in [2.75, 3.05) is 20.8 Å². The Labute approximate surface area is 271 Å². The molecule has 3 aromatic rings. The summed E-state index contributed by atoms with van der Waals surface area (Å²) in [6, 6.07) is 11.5. The summed E-state index contributed by atoms with van der Waals surface area (Å²) < 4.78 is 59.7. The summed E-state index contributed by atoms with van der Waals surface area (Å²) in [6.07, 6.45) is 0.979. The molecule has 1 aliphatic rings. The van der Waals surface area contributed by atoms with Gasteiger partial charge in [-0.15, -0.1) is 0 Å². The van der Waals surface area contributed by atoms with Crippen LogP contribution in [-0.2, 0) is 9.09 Å². The van der Waals surface area contributed by atoms with Gasteiger partial charge in [-0.05, 0) is 36.4 Å².